The van der Waals surface area contributed by atoms with Crippen molar-refractivity contribution in [2.45, 2.75) is 24.3 Å². The number of anilines is 1. The zero-order chi connectivity index (χ0) is 22.2. The molecule has 162 valence electrons. The van der Waals surface area contributed by atoms with Gasteiger partial charge in [-0.1, -0.05) is 36.4 Å². The van der Waals surface area contributed by atoms with Crippen LogP contribution in [0.25, 0.3) is 0 Å². The maximum absolute atomic E-state index is 13.5. The van der Waals surface area contributed by atoms with Crippen molar-refractivity contribution in [3.8, 4) is 0 Å². The zero-order valence-corrected chi connectivity index (χ0v) is 19.3. The van der Waals surface area contributed by atoms with E-state index in [1.54, 1.807) is 55.5 Å². The fraction of sp³-hybridized carbons (Fsp3) is 0.190. The van der Waals surface area contributed by atoms with Crippen LogP contribution in [0.5, 0.6) is 0 Å². The van der Waals surface area contributed by atoms with Gasteiger partial charge in [-0.2, -0.15) is 17.9 Å². The van der Waals surface area contributed by atoms with Crippen molar-refractivity contribution in [2.75, 3.05) is 11.0 Å². The minimum Gasteiger partial charge on any atom is -0.284 e. The highest BCUT2D eigenvalue weighted by Crippen LogP contribution is 2.39. The number of nitrogens with zero attached hydrogens (tertiary/aromatic N) is 2. The number of hydrogen-bond donors (Lipinski definition) is 1. The third-order valence-electron chi connectivity index (χ3n) is 4.86. The lowest BCUT2D eigenvalue weighted by Crippen LogP contribution is -2.27. The molecular weight excluding hydrogens is 454 g/mol. The van der Waals surface area contributed by atoms with E-state index < -0.39 is 26.1 Å². The second kappa shape index (κ2) is 8.10. The summed E-state index contributed by atoms with van der Waals surface area (Å²) in [6.07, 6.45) is 1.46. The average Bonchev–Trinajstić information content (AvgIpc) is 3.37. The van der Waals surface area contributed by atoms with Crippen molar-refractivity contribution in [3.05, 3.63) is 82.0 Å². The molecule has 1 atom stereocenters. The van der Waals surface area contributed by atoms with E-state index in [1.165, 1.54) is 15.8 Å². The number of rotatable bonds is 6. The van der Waals surface area contributed by atoms with E-state index in [2.05, 4.69) is 9.82 Å². The van der Waals surface area contributed by atoms with Gasteiger partial charge in [0.25, 0.3) is 10.0 Å². The quantitative estimate of drug-likeness (QED) is 0.584. The van der Waals surface area contributed by atoms with Crippen molar-refractivity contribution < 1.29 is 16.8 Å². The Hall–Kier alpha value is -2.69. The van der Waals surface area contributed by atoms with Crippen LogP contribution in [-0.2, 0) is 20.0 Å². The smallest absolute Gasteiger partial charge is 0.279 e. The Balaban J connectivity index is 1.78. The van der Waals surface area contributed by atoms with Crippen LogP contribution >= 0.6 is 11.3 Å². The number of sulfonamides is 2. The molecule has 0 amide bonds. The fourth-order valence-corrected chi connectivity index (χ4v) is 6.59. The summed E-state index contributed by atoms with van der Waals surface area (Å²) in [4.78, 5) is 1.11. The molecule has 0 bridgehead atoms. The molecule has 7 nitrogen and oxygen atoms in total. The van der Waals surface area contributed by atoms with E-state index in [0.29, 0.717) is 28.9 Å². The van der Waals surface area contributed by atoms with Crippen LogP contribution < -0.4 is 4.72 Å². The number of thiophene rings is 1. The minimum absolute atomic E-state index is 0.217. The molecule has 1 N–H and O–H groups in total. The zero-order valence-electron chi connectivity index (χ0n) is 16.9. The molecule has 31 heavy (non-hydrogen) atoms. The Labute approximate surface area is 186 Å². The van der Waals surface area contributed by atoms with Crippen molar-refractivity contribution >= 4 is 42.8 Å². The molecule has 0 radical (unpaired) electrons. The Bertz CT molecular complexity index is 1350. The first-order valence-electron chi connectivity index (χ1n) is 9.44. The molecule has 0 spiro atoms. The third-order valence-corrected chi connectivity index (χ3v) is 8.28. The second-order valence-corrected chi connectivity index (χ2v) is 11.8. The number of aryl methyl sites for hydroxylation is 1. The Morgan fingerprint density at radius 2 is 1.81 bits per heavy atom. The minimum atomic E-state index is -3.88. The summed E-state index contributed by atoms with van der Waals surface area (Å²) in [7, 11) is -7.32. The summed E-state index contributed by atoms with van der Waals surface area (Å²) in [6, 6.07) is 17.0. The maximum atomic E-state index is 13.5. The van der Waals surface area contributed by atoms with Gasteiger partial charge in [0.2, 0.25) is 10.0 Å². The van der Waals surface area contributed by atoms with E-state index in [-0.39, 0.29) is 4.90 Å². The number of nitrogens with one attached hydrogen (secondary N) is 1. The monoisotopic (exact) mass is 475 g/mol. The number of hydrogen-bond acceptors (Lipinski definition) is 6. The second-order valence-electron chi connectivity index (χ2n) is 7.28. The molecule has 4 rings (SSSR count). The van der Waals surface area contributed by atoms with Crippen LogP contribution in [0.1, 0.15) is 28.5 Å². The Morgan fingerprint density at radius 1 is 1.03 bits per heavy atom. The topological polar surface area (TPSA) is 95.9 Å². The Morgan fingerprint density at radius 3 is 2.48 bits per heavy atom. The van der Waals surface area contributed by atoms with Crippen LogP contribution in [0.3, 0.4) is 0 Å². The fourth-order valence-electron chi connectivity index (χ4n) is 3.50. The maximum Gasteiger partial charge on any atom is 0.279 e. The van der Waals surface area contributed by atoms with Gasteiger partial charge in [0.1, 0.15) is 6.04 Å². The van der Waals surface area contributed by atoms with Gasteiger partial charge in [0, 0.05) is 17.0 Å². The van der Waals surface area contributed by atoms with Gasteiger partial charge in [-0.15, -0.1) is 11.3 Å². The van der Waals surface area contributed by atoms with E-state index in [0.717, 1.165) is 11.1 Å². The molecule has 2 heterocycles. The standard InChI is InChI=1S/C21H21N3O4S3/c1-15-7-3-4-11-21(15)31(27,28)24-19(20-10-6-12-29-20)14-18(22-24)16-8-5-9-17(13-16)23-30(2,25)26/h3-13,19,23H,14H2,1-2H3. The molecule has 0 saturated carbocycles. The molecule has 2 aromatic carbocycles. The van der Waals surface area contributed by atoms with E-state index in [9.17, 15) is 16.8 Å². The SMILES string of the molecule is Cc1ccccc1S(=O)(=O)N1N=C(c2cccc(NS(C)(=O)=O)c2)CC1c1cccs1. The first kappa shape index (κ1) is 21.5. The highest BCUT2D eigenvalue weighted by atomic mass is 32.2. The summed E-state index contributed by atoms with van der Waals surface area (Å²) in [5.74, 6) is 0. The molecule has 1 aromatic heterocycles. The largest absolute Gasteiger partial charge is 0.284 e. The Kier molecular flexibility index (Phi) is 5.63. The van der Waals surface area contributed by atoms with Crippen molar-refractivity contribution in [2.24, 2.45) is 5.10 Å². The van der Waals surface area contributed by atoms with Gasteiger partial charge in [-0.25, -0.2) is 8.42 Å². The van der Waals surface area contributed by atoms with E-state index in [1.807, 2.05) is 17.5 Å². The summed E-state index contributed by atoms with van der Waals surface area (Å²) >= 11 is 1.48. The van der Waals surface area contributed by atoms with Gasteiger partial charge < -0.3 is 0 Å². The molecule has 0 saturated heterocycles. The van der Waals surface area contributed by atoms with Gasteiger partial charge >= 0.3 is 0 Å². The van der Waals surface area contributed by atoms with E-state index in [4.69, 9.17) is 0 Å². The summed E-state index contributed by atoms with van der Waals surface area (Å²) in [5, 5.41) is 6.42. The first-order valence-corrected chi connectivity index (χ1v) is 13.7. The lowest BCUT2D eigenvalue weighted by Gasteiger charge is -2.23. The molecule has 1 aliphatic rings. The van der Waals surface area contributed by atoms with Crippen LogP contribution in [0.4, 0.5) is 5.69 Å². The van der Waals surface area contributed by atoms with Crippen LogP contribution in [0, 0.1) is 6.92 Å². The highest BCUT2D eigenvalue weighted by Gasteiger charge is 2.38. The van der Waals surface area contributed by atoms with Crippen molar-refractivity contribution in [1.82, 2.24) is 4.41 Å². The molecule has 0 fully saturated rings. The lowest BCUT2D eigenvalue weighted by atomic mass is 10.0. The predicted molar refractivity (Wildman–Crippen MR) is 123 cm³/mol. The van der Waals surface area contributed by atoms with Gasteiger partial charge in [-0.3, -0.25) is 4.72 Å². The molecule has 1 unspecified atom stereocenters. The lowest BCUT2D eigenvalue weighted by molar-refractivity contribution is 0.375. The van der Waals surface area contributed by atoms with Gasteiger partial charge in [-0.05, 0) is 47.7 Å². The van der Waals surface area contributed by atoms with Gasteiger partial charge in [0.05, 0.1) is 16.9 Å². The normalized spacial score (nSPS) is 16.9. The average molecular weight is 476 g/mol. The van der Waals surface area contributed by atoms with E-state index >= 15 is 0 Å². The molecule has 0 aliphatic carbocycles. The van der Waals surface area contributed by atoms with Crippen LogP contribution in [-0.4, -0.2) is 33.2 Å². The number of benzene rings is 2. The molecule has 10 heteroatoms. The van der Waals surface area contributed by atoms with Crippen LogP contribution in [0.15, 0.2) is 76.0 Å². The molecule has 1 aliphatic heterocycles. The number of hydrazone groups is 1. The van der Waals surface area contributed by atoms with Crippen LogP contribution in [0.2, 0.25) is 0 Å². The highest BCUT2D eigenvalue weighted by molar-refractivity contribution is 7.92. The molecular formula is C21H21N3O4S3. The predicted octanol–water partition coefficient (Wildman–Crippen LogP) is 3.97. The van der Waals surface area contributed by atoms with Crippen molar-refractivity contribution in [1.29, 1.82) is 0 Å². The summed E-state index contributed by atoms with van der Waals surface area (Å²) in [6.45, 7) is 1.76. The van der Waals surface area contributed by atoms with Crippen molar-refractivity contribution in [3.63, 3.8) is 0 Å². The third kappa shape index (κ3) is 4.51. The van der Waals surface area contributed by atoms with Gasteiger partial charge in [0.15, 0.2) is 0 Å². The summed E-state index contributed by atoms with van der Waals surface area (Å²) in [5.41, 5.74) is 2.29. The first-order chi connectivity index (χ1) is 14.6. The summed E-state index contributed by atoms with van der Waals surface area (Å²) < 4.78 is 53.9. The molecule has 3 aromatic rings.